The highest BCUT2D eigenvalue weighted by Crippen LogP contribution is 2.56. The van der Waals surface area contributed by atoms with Crippen molar-refractivity contribution >= 4 is 24.2 Å². The van der Waals surface area contributed by atoms with Crippen LogP contribution in [0.1, 0.15) is 79.6 Å². The zero-order chi connectivity index (χ0) is 18.9. The fourth-order valence-electron chi connectivity index (χ4n) is 5.49. The Bertz CT molecular complexity index is 1110. The average molecular weight is 350 g/mol. The van der Waals surface area contributed by atoms with Crippen LogP contribution in [0.25, 0.3) is 27.5 Å². The summed E-state index contributed by atoms with van der Waals surface area (Å²) in [5.74, 6) is 1.61. The summed E-state index contributed by atoms with van der Waals surface area (Å²) in [5, 5.41) is 2.89. The van der Waals surface area contributed by atoms with Crippen LogP contribution in [0.4, 0.5) is 0 Å². The Balaban J connectivity index is 2.04. The van der Waals surface area contributed by atoms with Gasteiger partial charge in [-0.05, 0) is 79.4 Å². The first-order chi connectivity index (χ1) is 13.0. The van der Waals surface area contributed by atoms with Gasteiger partial charge in [0.1, 0.15) is 7.85 Å². The zero-order valence-corrected chi connectivity index (χ0v) is 17.1. The van der Waals surface area contributed by atoms with Gasteiger partial charge in [0.2, 0.25) is 0 Å². The molecule has 0 radical (unpaired) electrons. The van der Waals surface area contributed by atoms with E-state index in [-0.39, 0.29) is 0 Å². The molecular formula is C26H27B. The molecule has 0 fully saturated rings. The van der Waals surface area contributed by atoms with Crippen molar-refractivity contribution < 1.29 is 0 Å². The van der Waals surface area contributed by atoms with E-state index in [9.17, 15) is 0 Å². The molecule has 0 aromatic heterocycles. The largest absolute Gasteiger partial charge is 0.111 e. The molecule has 5 rings (SSSR count). The standard InChI is InChI=1S/C26H27B/c1-14(2)22-16-8-5-6-9-17(16)23(15(3)4)26-20-12-13-21(27)18-10-7-11-19(24(18)20)25(22)26/h5-12,14-15,21H,13,27H2,1-4H3. The Hall–Kier alpha value is -2.28. The number of benzene rings is 3. The molecule has 1 unspecified atom stereocenters. The van der Waals surface area contributed by atoms with Crippen molar-refractivity contribution in [3.8, 4) is 11.1 Å². The van der Waals surface area contributed by atoms with Gasteiger partial charge in [0.15, 0.2) is 0 Å². The van der Waals surface area contributed by atoms with Gasteiger partial charge in [0, 0.05) is 0 Å². The highest BCUT2D eigenvalue weighted by molar-refractivity contribution is 6.17. The second kappa shape index (κ2) is 5.86. The lowest BCUT2D eigenvalue weighted by molar-refractivity contribution is 0.859. The van der Waals surface area contributed by atoms with Crippen molar-refractivity contribution in [2.24, 2.45) is 0 Å². The molecule has 2 aliphatic carbocycles. The molecule has 0 bridgehead atoms. The molecule has 0 N–H and O–H groups in total. The molecule has 0 aliphatic heterocycles. The fourth-order valence-corrected chi connectivity index (χ4v) is 5.49. The maximum absolute atomic E-state index is 2.52. The van der Waals surface area contributed by atoms with Gasteiger partial charge in [0.05, 0.1) is 0 Å². The summed E-state index contributed by atoms with van der Waals surface area (Å²) >= 11 is 0. The molecule has 0 saturated heterocycles. The highest BCUT2D eigenvalue weighted by Gasteiger charge is 2.35. The summed E-state index contributed by atoms with van der Waals surface area (Å²) in [4.78, 5) is 0. The molecule has 0 saturated carbocycles. The number of allylic oxidation sites excluding steroid dienone is 1. The average Bonchev–Trinajstić information content (AvgIpc) is 2.97. The van der Waals surface area contributed by atoms with Crippen LogP contribution in [0.3, 0.4) is 0 Å². The van der Waals surface area contributed by atoms with Crippen LogP contribution in [-0.2, 0) is 0 Å². The lowest BCUT2D eigenvalue weighted by Crippen LogP contribution is -2.07. The fraction of sp³-hybridized carbons (Fsp3) is 0.308. The molecule has 27 heavy (non-hydrogen) atoms. The minimum Gasteiger partial charge on any atom is -0.0761 e. The maximum atomic E-state index is 2.52. The van der Waals surface area contributed by atoms with Crippen LogP contribution in [-0.4, -0.2) is 7.85 Å². The van der Waals surface area contributed by atoms with Crippen LogP contribution in [0, 0.1) is 0 Å². The monoisotopic (exact) mass is 350 g/mol. The molecule has 0 nitrogen and oxygen atoms in total. The number of rotatable bonds is 2. The Morgan fingerprint density at radius 1 is 0.778 bits per heavy atom. The third kappa shape index (κ3) is 2.18. The van der Waals surface area contributed by atoms with Crippen LogP contribution < -0.4 is 0 Å². The van der Waals surface area contributed by atoms with E-state index in [1.807, 2.05) is 0 Å². The lowest BCUT2D eigenvalue weighted by Gasteiger charge is -2.24. The van der Waals surface area contributed by atoms with Crippen LogP contribution >= 0.6 is 0 Å². The molecule has 3 aromatic rings. The minimum atomic E-state index is 0.499. The maximum Gasteiger partial charge on any atom is 0.111 e. The number of hydrogen-bond donors (Lipinski definition) is 0. The van der Waals surface area contributed by atoms with Crippen molar-refractivity contribution in [1.82, 2.24) is 0 Å². The van der Waals surface area contributed by atoms with E-state index >= 15 is 0 Å². The lowest BCUT2D eigenvalue weighted by atomic mass is 9.71. The molecule has 0 amide bonds. The SMILES string of the molecule is BC1CC=C2c3c(cccc31)-c1c2c(C(C)C)c2ccccc2c1C(C)C. The van der Waals surface area contributed by atoms with Crippen LogP contribution in [0.15, 0.2) is 48.5 Å². The first kappa shape index (κ1) is 16.9. The first-order valence-corrected chi connectivity index (χ1v) is 10.4. The van der Waals surface area contributed by atoms with Gasteiger partial charge in [-0.3, -0.25) is 0 Å². The first-order valence-electron chi connectivity index (χ1n) is 10.4. The molecule has 134 valence electrons. The molecule has 0 heterocycles. The smallest absolute Gasteiger partial charge is 0.0761 e. The summed E-state index contributed by atoms with van der Waals surface area (Å²) in [6.07, 6.45) is 3.67. The zero-order valence-electron chi connectivity index (χ0n) is 17.1. The summed E-state index contributed by atoms with van der Waals surface area (Å²) in [7, 11) is 2.37. The second-order valence-corrected chi connectivity index (χ2v) is 8.96. The molecule has 1 atom stereocenters. The van der Waals surface area contributed by atoms with Crippen molar-refractivity contribution in [2.75, 3.05) is 0 Å². The van der Waals surface area contributed by atoms with E-state index in [0.29, 0.717) is 17.7 Å². The van der Waals surface area contributed by atoms with Gasteiger partial charge in [0.25, 0.3) is 0 Å². The Morgan fingerprint density at radius 3 is 2.04 bits per heavy atom. The number of hydrogen-bond acceptors (Lipinski definition) is 0. The Labute approximate surface area is 163 Å². The van der Waals surface area contributed by atoms with Crippen LogP contribution in [0.2, 0.25) is 0 Å². The third-order valence-electron chi connectivity index (χ3n) is 6.56. The van der Waals surface area contributed by atoms with E-state index in [2.05, 4.69) is 84.1 Å². The highest BCUT2D eigenvalue weighted by atomic mass is 14.4. The summed E-state index contributed by atoms with van der Waals surface area (Å²) in [6.45, 7) is 9.41. The van der Waals surface area contributed by atoms with Crippen molar-refractivity contribution in [3.63, 3.8) is 0 Å². The van der Waals surface area contributed by atoms with Crippen molar-refractivity contribution in [2.45, 2.75) is 51.8 Å². The second-order valence-electron chi connectivity index (χ2n) is 8.96. The van der Waals surface area contributed by atoms with Gasteiger partial charge in [-0.2, -0.15) is 0 Å². The Kier molecular flexibility index (Phi) is 3.66. The molecular weight excluding hydrogens is 323 g/mol. The predicted molar refractivity (Wildman–Crippen MR) is 121 cm³/mol. The quantitative estimate of drug-likeness (QED) is 0.358. The third-order valence-corrected chi connectivity index (χ3v) is 6.56. The normalized spacial score (nSPS) is 17.4. The topological polar surface area (TPSA) is 0 Å². The Morgan fingerprint density at radius 2 is 1.41 bits per heavy atom. The molecule has 1 heteroatoms. The van der Waals surface area contributed by atoms with Gasteiger partial charge in [-0.15, -0.1) is 0 Å². The summed E-state index contributed by atoms with van der Waals surface area (Å²) in [5.41, 5.74) is 12.1. The van der Waals surface area contributed by atoms with E-state index in [4.69, 9.17) is 0 Å². The minimum absolute atomic E-state index is 0.499. The van der Waals surface area contributed by atoms with Gasteiger partial charge in [-0.1, -0.05) is 76.2 Å². The summed E-state index contributed by atoms with van der Waals surface area (Å²) < 4.78 is 0. The van der Waals surface area contributed by atoms with Crippen LogP contribution in [0.5, 0.6) is 0 Å². The van der Waals surface area contributed by atoms with Crippen molar-refractivity contribution in [3.05, 3.63) is 76.4 Å². The van der Waals surface area contributed by atoms with E-state index in [1.165, 1.54) is 55.3 Å². The van der Waals surface area contributed by atoms with E-state index in [1.54, 1.807) is 0 Å². The molecule has 3 aromatic carbocycles. The van der Waals surface area contributed by atoms with E-state index < -0.39 is 0 Å². The number of fused-ring (bicyclic) bond motifs is 4. The van der Waals surface area contributed by atoms with Gasteiger partial charge >= 0.3 is 0 Å². The summed E-state index contributed by atoms with van der Waals surface area (Å²) in [6, 6.07) is 16.1. The van der Waals surface area contributed by atoms with Gasteiger partial charge in [-0.25, -0.2) is 0 Å². The molecule has 2 aliphatic rings. The van der Waals surface area contributed by atoms with E-state index in [0.717, 1.165) is 6.42 Å². The van der Waals surface area contributed by atoms with Crippen molar-refractivity contribution in [1.29, 1.82) is 0 Å². The molecule has 0 spiro atoms. The predicted octanol–water partition coefficient (Wildman–Crippen LogP) is 6.58. The van der Waals surface area contributed by atoms with Gasteiger partial charge < -0.3 is 0 Å².